The molecule has 0 aliphatic heterocycles. The van der Waals surface area contributed by atoms with Crippen molar-refractivity contribution in [2.75, 3.05) is 17.9 Å². The summed E-state index contributed by atoms with van der Waals surface area (Å²) in [5.74, 6) is -0.431. The third-order valence-corrected chi connectivity index (χ3v) is 5.11. The molecule has 1 N–H and O–H groups in total. The van der Waals surface area contributed by atoms with Crippen LogP contribution in [0.1, 0.15) is 0 Å². The maximum absolute atomic E-state index is 12.8. The highest BCUT2D eigenvalue weighted by Gasteiger charge is 2.28. The van der Waals surface area contributed by atoms with Crippen molar-refractivity contribution in [1.29, 1.82) is 0 Å². The lowest BCUT2D eigenvalue weighted by molar-refractivity contribution is -0.119. The molecular formula is C15H15ClN2O3S. The van der Waals surface area contributed by atoms with Gasteiger partial charge in [-0.2, -0.15) is 0 Å². The first-order valence-electron chi connectivity index (χ1n) is 6.49. The summed E-state index contributed by atoms with van der Waals surface area (Å²) in [7, 11) is -2.45. The van der Waals surface area contributed by atoms with Gasteiger partial charge in [0.25, 0.3) is 10.0 Å². The molecule has 7 heteroatoms. The second-order valence-corrected chi connectivity index (χ2v) is 6.72. The molecule has 0 aromatic heterocycles. The van der Waals surface area contributed by atoms with E-state index in [0.717, 1.165) is 4.31 Å². The molecule has 0 fully saturated rings. The monoisotopic (exact) mass is 338 g/mol. The van der Waals surface area contributed by atoms with Crippen molar-refractivity contribution >= 4 is 33.2 Å². The van der Waals surface area contributed by atoms with Crippen molar-refractivity contribution in [1.82, 2.24) is 5.32 Å². The van der Waals surface area contributed by atoms with Gasteiger partial charge in [-0.05, 0) is 24.3 Å². The number of anilines is 1. The Hall–Kier alpha value is -2.05. The van der Waals surface area contributed by atoms with E-state index >= 15 is 0 Å². The fourth-order valence-electron chi connectivity index (χ4n) is 1.88. The zero-order valence-electron chi connectivity index (χ0n) is 11.9. The van der Waals surface area contributed by atoms with Crippen LogP contribution < -0.4 is 9.62 Å². The predicted molar refractivity (Wildman–Crippen MR) is 86.5 cm³/mol. The molecule has 22 heavy (non-hydrogen) atoms. The number of para-hydroxylation sites is 1. The van der Waals surface area contributed by atoms with Crippen LogP contribution in [0, 0.1) is 0 Å². The van der Waals surface area contributed by atoms with Crippen LogP contribution in [0.2, 0.25) is 5.02 Å². The molecule has 0 aliphatic carbocycles. The Bertz CT molecular complexity index is 763. The summed E-state index contributed by atoms with van der Waals surface area (Å²) in [6.45, 7) is -0.350. The molecule has 5 nitrogen and oxygen atoms in total. The van der Waals surface area contributed by atoms with Gasteiger partial charge in [-0.3, -0.25) is 9.10 Å². The van der Waals surface area contributed by atoms with Crippen LogP contribution in [0.25, 0.3) is 0 Å². The minimum Gasteiger partial charge on any atom is -0.358 e. The number of halogens is 1. The topological polar surface area (TPSA) is 66.5 Å². The van der Waals surface area contributed by atoms with Crippen LogP contribution in [-0.2, 0) is 14.8 Å². The molecule has 0 atom stereocenters. The first-order chi connectivity index (χ1) is 10.5. The van der Waals surface area contributed by atoms with E-state index in [0.29, 0.717) is 0 Å². The van der Waals surface area contributed by atoms with Gasteiger partial charge in [0.2, 0.25) is 5.91 Å². The fraction of sp³-hybridized carbons (Fsp3) is 0.133. The molecule has 0 saturated carbocycles. The molecule has 0 bridgehead atoms. The SMILES string of the molecule is CNC(=O)CN(c1ccccc1Cl)S(=O)(=O)c1ccccc1. The van der Waals surface area contributed by atoms with Gasteiger partial charge in [-0.15, -0.1) is 0 Å². The van der Waals surface area contributed by atoms with Gasteiger partial charge in [0.15, 0.2) is 0 Å². The van der Waals surface area contributed by atoms with Crippen LogP contribution in [0.3, 0.4) is 0 Å². The van der Waals surface area contributed by atoms with Crippen LogP contribution in [-0.4, -0.2) is 27.9 Å². The number of rotatable bonds is 5. The van der Waals surface area contributed by atoms with E-state index in [4.69, 9.17) is 11.6 Å². The highest BCUT2D eigenvalue weighted by Crippen LogP contribution is 2.29. The first-order valence-corrected chi connectivity index (χ1v) is 8.31. The van der Waals surface area contributed by atoms with Crippen molar-refractivity contribution in [2.24, 2.45) is 0 Å². The smallest absolute Gasteiger partial charge is 0.264 e. The second-order valence-electron chi connectivity index (χ2n) is 4.45. The standard InChI is InChI=1S/C15H15ClN2O3S/c1-17-15(19)11-18(14-10-6-5-9-13(14)16)22(20,21)12-7-3-2-4-8-12/h2-10H,11H2,1H3,(H,17,19). The van der Waals surface area contributed by atoms with E-state index in [1.807, 2.05) is 0 Å². The van der Waals surface area contributed by atoms with E-state index in [1.54, 1.807) is 42.5 Å². The molecule has 0 aliphatic rings. The van der Waals surface area contributed by atoms with E-state index in [1.165, 1.54) is 19.2 Å². The second kappa shape index (κ2) is 6.81. The summed E-state index contributed by atoms with van der Waals surface area (Å²) in [5.41, 5.74) is 0.261. The number of carbonyl (C=O) groups is 1. The number of benzene rings is 2. The third kappa shape index (κ3) is 3.40. The Morgan fingerprint density at radius 1 is 1.09 bits per heavy atom. The number of hydrogen-bond donors (Lipinski definition) is 1. The summed E-state index contributed by atoms with van der Waals surface area (Å²) < 4.78 is 26.7. The lowest BCUT2D eigenvalue weighted by Gasteiger charge is -2.24. The zero-order valence-corrected chi connectivity index (χ0v) is 13.4. The number of hydrogen-bond acceptors (Lipinski definition) is 3. The van der Waals surface area contributed by atoms with Crippen molar-refractivity contribution in [3.8, 4) is 0 Å². The molecule has 1 amide bonds. The summed E-state index contributed by atoms with van der Waals surface area (Å²) in [5, 5.41) is 2.68. The van der Waals surface area contributed by atoms with E-state index in [2.05, 4.69) is 5.32 Å². The van der Waals surface area contributed by atoms with Crippen LogP contribution in [0.15, 0.2) is 59.5 Å². The Morgan fingerprint density at radius 3 is 2.27 bits per heavy atom. The zero-order chi connectivity index (χ0) is 16.2. The van der Waals surface area contributed by atoms with Gasteiger partial charge in [-0.1, -0.05) is 41.9 Å². The fourth-order valence-corrected chi connectivity index (χ4v) is 3.63. The maximum Gasteiger partial charge on any atom is 0.264 e. The van der Waals surface area contributed by atoms with E-state index < -0.39 is 15.9 Å². The maximum atomic E-state index is 12.8. The van der Waals surface area contributed by atoms with Gasteiger partial charge >= 0.3 is 0 Å². The normalized spacial score (nSPS) is 11.0. The molecule has 0 heterocycles. The number of likely N-dealkylation sites (N-methyl/N-ethyl adjacent to an activating group) is 1. The minimum absolute atomic E-state index is 0.0961. The molecule has 116 valence electrons. The summed E-state index contributed by atoms with van der Waals surface area (Å²) >= 11 is 6.10. The average molecular weight is 339 g/mol. The number of carbonyl (C=O) groups excluding carboxylic acids is 1. The first kappa shape index (κ1) is 16.3. The highest BCUT2D eigenvalue weighted by molar-refractivity contribution is 7.92. The summed E-state index contributed by atoms with van der Waals surface area (Å²) in [6.07, 6.45) is 0. The predicted octanol–water partition coefficient (Wildman–Crippen LogP) is 2.28. The minimum atomic E-state index is -3.89. The molecular weight excluding hydrogens is 324 g/mol. The van der Waals surface area contributed by atoms with Crippen molar-refractivity contribution in [3.63, 3.8) is 0 Å². The Balaban J connectivity index is 2.54. The van der Waals surface area contributed by atoms with Gasteiger partial charge in [-0.25, -0.2) is 8.42 Å². The van der Waals surface area contributed by atoms with Gasteiger partial charge in [0.05, 0.1) is 15.6 Å². The highest BCUT2D eigenvalue weighted by atomic mass is 35.5. The average Bonchev–Trinajstić information content (AvgIpc) is 2.54. The van der Waals surface area contributed by atoms with E-state index in [9.17, 15) is 13.2 Å². The van der Waals surface area contributed by atoms with Gasteiger partial charge in [0, 0.05) is 7.05 Å². The molecule has 2 aromatic rings. The van der Waals surface area contributed by atoms with E-state index in [-0.39, 0.29) is 22.2 Å². The molecule has 2 rings (SSSR count). The lowest BCUT2D eigenvalue weighted by Crippen LogP contribution is -2.39. The Labute approximate surface area is 134 Å². The number of sulfonamides is 1. The Morgan fingerprint density at radius 2 is 1.68 bits per heavy atom. The van der Waals surface area contributed by atoms with Gasteiger partial charge < -0.3 is 5.32 Å². The molecule has 0 saturated heterocycles. The summed E-state index contributed by atoms with van der Waals surface area (Å²) in [4.78, 5) is 11.8. The van der Waals surface area contributed by atoms with Crippen molar-refractivity contribution < 1.29 is 13.2 Å². The van der Waals surface area contributed by atoms with Crippen LogP contribution >= 0.6 is 11.6 Å². The number of nitrogens with zero attached hydrogens (tertiary/aromatic N) is 1. The molecule has 2 aromatic carbocycles. The number of amides is 1. The quantitative estimate of drug-likeness (QED) is 0.909. The molecule has 0 unspecified atom stereocenters. The van der Waals surface area contributed by atoms with Crippen molar-refractivity contribution in [3.05, 3.63) is 59.6 Å². The van der Waals surface area contributed by atoms with Crippen LogP contribution in [0.4, 0.5) is 5.69 Å². The third-order valence-electron chi connectivity index (χ3n) is 3.02. The largest absolute Gasteiger partial charge is 0.358 e. The molecule has 0 spiro atoms. The Kier molecular flexibility index (Phi) is 5.05. The molecule has 0 radical (unpaired) electrons. The van der Waals surface area contributed by atoms with Crippen molar-refractivity contribution in [2.45, 2.75) is 4.90 Å². The van der Waals surface area contributed by atoms with Gasteiger partial charge in [0.1, 0.15) is 6.54 Å². The lowest BCUT2D eigenvalue weighted by atomic mass is 10.3. The van der Waals surface area contributed by atoms with Crippen LogP contribution in [0.5, 0.6) is 0 Å². The number of nitrogens with one attached hydrogen (secondary N) is 1. The summed E-state index contributed by atoms with van der Waals surface area (Å²) in [6, 6.07) is 14.4.